The van der Waals surface area contributed by atoms with E-state index >= 15 is 0 Å². The van der Waals surface area contributed by atoms with Gasteiger partial charge in [-0.2, -0.15) is 9.61 Å². The smallest absolute Gasteiger partial charge is 0.234 e. The number of amides is 1. The van der Waals surface area contributed by atoms with Gasteiger partial charge in [-0.1, -0.05) is 23.5 Å². The molecule has 2 aromatic heterocycles. The quantitative estimate of drug-likeness (QED) is 0.792. The molecule has 0 unspecified atom stereocenters. The topological polar surface area (TPSA) is 72.2 Å². The van der Waals surface area contributed by atoms with Gasteiger partial charge >= 0.3 is 0 Å². The molecule has 1 N–H and O–H groups in total. The Morgan fingerprint density at radius 2 is 2.10 bits per heavy atom. The van der Waals surface area contributed by atoms with Crippen molar-refractivity contribution in [3.8, 4) is 0 Å². The Bertz CT molecular complexity index is 780. The standard InChI is InChI=1S/C13H12FN5OS/c1-8-16-17-13-19(8)18-12(21-13)7-15-11(20)6-9-2-4-10(14)5-3-9/h2-5H,6-7H2,1H3,(H,15,20). The molecule has 0 spiro atoms. The van der Waals surface area contributed by atoms with Crippen molar-refractivity contribution in [2.24, 2.45) is 0 Å². The number of nitrogens with one attached hydrogen (secondary N) is 1. The van der Waals surface area contributed by atoms with Gasteiger partial charge in [0, 0.05) is 0 Å². The molecule has 0 saturated carbocycles. The summed E-state index contributed by atoms with van der Waals surface area (Å²) in [5.74, 6) is 0.267. The molecule has 0 saturated heterocycles. The summed E-state index contributed by atoms with van der Waals surface area (Å²) >= 11 is 1.38. The Morgan fingerprint density at radius 3 is 2.81 bits per heavy atom. The predicted octanol–water partition coefficient (Wildman–Crippen LogP) is 1.49. The lowest BCUT2D eigenvalue weighted by molar-refractivity contribution is -0.120. The number of fused-ring (bicyclic) bond motifs is 1. The molecule has 0 aliphatic rings. The largest absolute Gasteiger partial charge is 0.349 e. The summed E-state index contributed by atoms with van der Waals surface area (Å²) in [5.41, 5.74) is 0.767. The van der Waals surface area contributed by atoms with E-state index in [-0.39, 0.29) is 18.1 Å². The fourth-order valence-corrected chi connectivity index (χ4v) is 2.67. The van der Waals surface area contributed by atoms with Gasteiger partial charge in [-0.25, -0.2) is 4.39 Å². The Morgan fingerprint density at radius 1 is 1.33 bits per heavy atom. The van der Waals surface area contributed by atoms with Crippen molar-refractivity contribution in [1.29, 1.82) is 0 Å². The molecular weight excluding hydrogens is 293 g/mol. The van der Waals surface area contributed by atoms with Crippen LogP contribution in [0.2, 0.25) is 0 Å². The van der Waals surface area contributed by atoms with Crippen LogP contribution in [0, 0.1) is 12.7 Å². The van der Waals surface area contributed by atoms with Crippen molar-refractivity contribution in [3.63, 3.8) is 0 Å². The van der Waals surface area contributed by atoms with E-state index in [0.29, 0.717) is 17.3 Å². The Kier molecular flexibility index (Phi) is 3.61. The van der Waals surface area contributed by atoms with Crippen LogP contribution in [0.4, 0.5) is 4.39 Å². The molecule has 2 heterocycles. The highest BCUT2D eigenvalue weighted by Gasteiger charge is 2.10. The molecule has 1 amide bonds. The molecule has 0 aliphatic carbocycles. The molecule has 108 valence electrons. The lowest BCUT2D eigenvalue weighted by atomic mass is 10.1. The van der Waals surface area contributed by atoms with Crippen LogP contribution in [-0.2, 0) is 17.8 Å². The van der Waals surface area contributed by atoms with Crippen molar-refractivity contribution in [3.05, 3.63) is 46.5 Å². The molecule has 3 aromatic rings. The number of aryl methyl sites for hydroxylation is 1. The molecule has 0 atom stereocenters. The highest BCUT2D eigenvalue weighted by molar-refractivity contribution is 7.16. The van der Waals surface area contributed by atoms with Crippen LogP contribution >= 0.6 is 11.3 Å². The number of carbonyl (C=O) groups excluding carboxylic acids is 1. The van der Waals surface area contributed by atoms with Gasteiger partial charge < -0.3 is 5.32 Å². The van der Waals surface area contributed by atoms with Crippen molar-refractivity contribution < 1.29 is 9.18 Å². The maximum Gasteiger partial charge on any atom is 0.234 e. The van der Waals surface area contributed by atoms with Crippen LogP contribution in [0.25, 0.3) is 4.96 Å². The second-order valence-electron chi connectivity index (χ2n) is 4.52. The van der Waals surface area contributed by atoms with E-state index in [2.05, 4.69) is 20.6 Å². The average Bonchev–Trinajstić information content (AvgIpc) is 3.02. The SMILES string of the molecule is Cc1nnc2sc(CNC(=O)Cc3ccc(F)cc3)nn12. The number of aromatic nitrogens is 4. The molecule has 0 radical (unpaired) electrons. The summed E-state index contributed by atoms with van der Waals surface area (Å²) < 4.78 is 14.4. The van der Waals surface area contributed by atoms with E-state index in [4.69, 9.17) is 0 Å². The zero-order chi connectivity index (χ0) is 14.8. The minimum atomic E-state index is -0.311. The molecule has 0 aliphatic heterocycles. The zero-order valence-electron chi connectivity index (χ0n) is 11.2. The van der Waals surface area contributed by atoms with E-state index in [9.17, 15) is 9.18 Å². The van der Waals surface area contributed by atoms with Crippen molar-refractivity contribution in [2.45, 2.75) is 19.9 Å². The molecule has 3 rings (SSSR count). The summed E-state index contributed by atoms with van der Waals surface area (Å²) in [4.78, 5) is 12.5. The maximum atomic E-state index is 12.8. The fourth-order valence-electron chi connectivity index (χ4n) is 1.85. The van der Waals surface area contributed by atoms with Gasteiger partial charge in [0.1, 0.15) is 10.8 Å². The van der Waals surface area contributed by atoms with Gasteiger partial charge in [-0.15, -0.1) is 10.2 Å². The van der Waals surface area contributed by atoms with Gasteiger partial charge in [0.05, 0.1) is 13.0 Å². The third kappa shape index (κ3) is 3.05. The fraction of sp³-hybridized carbons (Fsp3) is 0.231. The van der Waals surface area contributed by atoms with Crippen LogP contribution in [0.1, 0.15) is 16.4 Å². The zero-order valence-corrected chi connectivity index (χ0v) is 12.0. The monoisotopic (exact) mass is 305 g/mol. The summed E-state index contributed by atoms with van der Waals surface area (Å²) in [6.45, 7) is 2.16. The van der Waals surface area contributed by atoms with Crippen molar-refractivity contribution in [1.82, 2.24) is 25.1 Å². The molecular formula is C13H12FN5OS. The minimum absolute atomic E-state index is 0.135. The highest BCUT2D eigenvalue weighted by Crippen LogP contribution is 2.13. The number of rotatable bonds is 4. The van der Waals surface area contributed by atoms with Gasteiger partial charge in [-0.05, 0) is 24.6 Å². The summed E-state index contributed by atoms with van der Waals surface area (Å²) in [5, 5.41) is 15.7. The van der Waals surface area contributed by atoms with Crippen LogP contribution in [0.5, 0.6) is 0 Å². The summed E-state index contributed by atoms with van der Waals surface area (Å²) in [6, 6.07) is 5.88. The summed E-state index contributed by atoms with van der Waals surface area (Å²) in [7, 11) is 0. The molecule has 1 aromatic carbocycles. The number of nitrogens with zero attached hydrogens (tertiary/aromatic N) is 4. The van der Waals surface area contributed by atoms with Gasteiger partial charge in [0.25, 0.3) is 0 Å². The van der Waals surface area contributed by atoms with Crippen LogP contribution in [-0.4, -0.2) is 25.7 Å². The maximum absolute atomic E-state index is 12.8. The van der Waals surface area contributed by atoms with Gasteiger partial charge in [0.15, 0.2) is 5.82 Å². The first-order valence-electron chi connectivity index (χ1n) is 6.30. The predicted molar refractivity (Wildman–Crippen MR) is 75.3 cm³/mol. The number of hydrogen-bond acceptors (Lipinski definition) is 5. The first kappa shape index (κ1) is 13.6. The lowest BCUT2D eigenvalue weighted by Crippen LogP contribution is -2.24. The van der Waals surface area contributed by atoms with Gasteiger partial charge in [0.2, 0.25) is 10.9 Å². The first-order valence-corrected chi connectivity index (χ1v) is 7.12. The van der Waals surface area contributed by atoms with E-state index in [1.165, 1.54) is 23.5 Å². The molecule has 8 heteroatoms. The summed E-state index contributed by atoms with van der Waals surface area (Å²) in [6.07, 6.45) is 0.212. The second kappa shape index (κ2) is 5.57. The number of benzene rings is 1. The first-order chi connectivity index (χ1) is 10.1. The third-order valence-electron chi connectivity index (χ3n) is 2.90. The number of hydrogen-bond donors (Lipinski definition) is 1. The van der Waals surface area contributed by atoms with Crippen LogP contribution in [0.15, 0.2) is 24.3 Å². The molecule has 21 heavy (non-hydrogen) atoms. The van der Waals surface area contributed by atoms with Gasteiger partial charge in [-0.3, -0.25) is 4.79 Å². The Hall–Kier alpha value is -2.35. The lowest BCUT2D eigenvalue weighted by Gasteiger charge is -2.03. The third-order valence-corrected chi connectivity index (χ3v) is 3.80. The minimum Gasteiger partial charge on any atom is -0.349 e. The molecule has 6 nitrogen and oxygen atoms in total. The second-order valence-corrected chi connectivity index (χ2v) is 5.56. The number of carbonyl (C=O) groups is 1. The van der Waals surface area contributed by atoms with E-state index in [0.717, 1.165) is 10.6 Å². The van der Waals surface area contributed by atoms with Crippen molar-refractivity contribution >= 4 is 22.2 Å². The van der Waals surface area contributed by atoms with E-state index in [1.807, 2.05) is 6.92 Å². The van der Waals surface area contributed by atoms with Crippen LogP contribution in [0.3, 0.4) is 0 Å². The van der Waals surface area contributed by atoms with Crippen LogP contribution < -0.4 is 5.32 Å². The molecule has 0 fully saturated rings. The number of halogens is 1. The highest BCUT2D eigenvalue weighted by atomic mass is 32.1. The normalized spacial score (nSPS) is 11.0. The molecule has 0 bridgehead atoms. The Balaban J connectivity index is 1.59. The Labute approximate surface area is 123 Å². The average molecular weight is 305 g/mol. The van der Waals surface area contributed by atoms with Crippen molar-refractivity contribution in [2.75, 3.05) is 0 Å². The van der Waals surface area contributed by atoms with E-state index < -0.39 is 0 Å². The van der Waals surface area contributed by atoms with E-state index in [1.54, 1.807) is 16.6 Å².